The number of benzene rings is 2. The van der Waals surface area contributed by atoms with E-state index in [1.165, 1.54) is 12.7 Å². The number of rotatable bonds is 4. The summed E-state index contributed by atoms with van der Waals surface area (Å²) in [6.07, 6.45) is 0.590. The summed E-state index contributed by atoms with van der Waals surface area (Å²) in [6, 6.07) is 12.5. The maximum absolute atomic E-state index is 12.7. The van der Waals surface area contributed by atoms with Crippen molar-refractivity contribution in [2.75, 3.05) is 18.6 Å². The highest BCUT2D eigenvalue weighted by Crippen LogP contribution is 2.25. The normalized spacial score (nSPS) is 16.8. The quantitative estimate of drug-likeness (QED) is 0.932. The van der Waals surface area contributed by atoms with Crippen LogP contribution in [0.3, 0.4) is 0 Å². The van der Waals surface area contributed by atoms with E-state index in [0.717, 1.165) is 11.3 Å². The van der Waals surface area contributed by atoms with E-state index in [9.17, 15) is 9.59 Å². The highest BCUT2D eigenvalue weighted by atomic mass is 16.5. The molecule has 0 aromatic heterocycles. The fourth-order valence-corrected chi connectivity index (χ4v) is 3.03. The van der Waals surface area contributed by atoms with E-state index in [4.69, 9.17) is 4.74 Å². The van der Waals surface area contributed by atoms with Gasteiger partial charge in [-0.25, -0.2) is 0 Å². The molecule has 1 aliphatic rings. The molecule has 2 aromatic carbocycles. The number of aryl methyl sites for hydroxylation is 2. The summed E-state index contributed by atoms with van der Waals surface area (Å²) in [5, 5.41) is 2.84. The van der Waals surface area contributed by atoms with E-state index >= 15 is 0 Å². The Morgan fingerprint density at radius 2 is 1.92 bits per heavy atom. The number of ether oxygens (including phenoxy) is 1. The Labute approximate surface area is 147 Å². The number of amides is 2. The van der Waals surface area contributed by atoms with Crippen LogP contribution in [0.5, 0.6) is 5.75 Å². The van der Waals surface area contributed by atoms with E-state index in [1.807, 2.05) is 32.0 Å². The minimum absolute atomic E-state index is 0.0773. The maximum atomic E-state index is 12.7. The van der Waals surface area contributed by atoms with Gasteiger partial charge in [0, 0.05) is 12.2 Å². The predicted molar refractivity (Wildman–Crippen MR) is 97.1 cm³/mol. The molecule has 2 aromatic rings. The lowest BCUT2D eigenvalue weighted by atomic mass is 10.1. The molecule has 0 radical (unpaired) electrons. The fourth-order valence-electron chi connectivity index (χ4n) is 3.03. The van der Waals surface area contributed by atoms with Gasteiger partial charge in [-0.3, -0.25) is 9.59 Å². The van der Waals surface area contributed by atoms with Crippen LogP contribution in [0.1, 0.15) is 27.9 Å². The second-order valence-electron chi connectivity index (χ2n) is 6.27. The SMILES string of the molecule is COc1ccccc1C(=O)NC1CCN(c2ccc(C)c(C)c2)C1=O. The third-order valence-electron chi connectivity index (χ3n) is 4.66. The Hall–Kier alpha value is -2.82. The van der Waals surface area contributed by atoms with Crippen LogP contribution in [0, 0.1) is 13.8 Å². The number of para-hydroxylation sites is 1. The van der Waals surface area contributed by atoms with Crippen LogP contribution < -0.4 is 15.0 Å². The fraction of sp³-hybridized carbons (Fsp3) is 0.300. The van der Waals surface area contributed by atoms with Gasteiger partial charge in [0.15, 0.2) is 0 Å². The molecule has 130 valence electrons. The molecule has 1 saturated heterocycles. The second-order valence-corrected chi connectivity index (χ2v) is 6.27. The van der Waals surface area contributed by atoms with Crippen molar-refractivity contribution in [1.82, 2.24) is 5.32 Å². The summed E-state index contributed by atoms with van der Waals surface area (Å²) in [5.41, 5.74) is 3.65. The molecule has 1 atom stereocenters. The van der Waals surface area contributed by atoms with E-state index in [2.05, 4.69) is 5.32 Å². The smallest absolute Gasteiger partial charge is 0.255 e. The van der Waals surface area contributed by atoms with Crippen molar-refractivity contribution in [2.24, 2.45) is 0 Å². The Balaban J connectivity index is 1.74. The number of nitrogens with one attached hydrogen (secondary N) is 1. The third kappa shape index (κ3) is 3.36. The number of hydrogen-bond acceptors (Lipinski definition) is 3. The van der Waals surface area contributed by atoms with Gasteiger partial charge in [0.25, 0.3) is 5.91 Å². The van der Waals surface area contributed by atoms with Crippen molar-refractivity contribution in [3.63, 3.8) is 0 Å². The Kier molecular flexibility index (Phi) is 4.74. The van der Waals surface area contributed by atoms with Gasteiger partial charge in [0.2, 0.25) is 5.91 Å². The molecule has 1 heterocycles. The number of carbonyl (C=O) groups is 2. The van der Waals surface area contributed by atoms with Crippen LogP contribution in [0.4, 0.5) is 5.69 Å². The number of nitrogens with zero attached hydrogens (tertiary/aromatic N) is 1. The highest BCUT2D eigenvalue weighted by Gasteiger charge is 2.34. The van der Waals surface area contributed by atoms with Crippen LogP contribution >= 0.6 is 0 Å². The lowest BCUT2D eigenvalue weighted by molar-refractivity contribution is -0.118. The van der Waals surface area contributed by atoms with Crippen molar-refractivity contribution in [1.29, 1.82) is 0 Å². The minimum Gasteiger partial charge on any atom is -0.496 e. The van der Waals surface area contributed by atoms with Crippen LogP contribution in [-0.4, -0.2) is 31.5 Å². The maximum Gasteiger partial charge on any atom is 0.255 e. The average Bonchev–Trinajstić information content (AvgIpc) is 2.98. The monoisotopic (exact) mass is 338 g/mol. The van der Waals surface area contributed by atoms with Gasteiger partial charge in [0.05, 0.1) is 12.7 Å². The van der Waals surface area contributed by atoms with Crippen LogP contribution in [0.15, 0.2) is 42.5 Å². The Bertz CT molecular complexity index is 816. The molecule has 2 amide bonds. The molecule has 5 nitrogen and oxygen atoms in total. The first-order valence-corrected chi connectivity index (χ1v) is 8.34. The summed E-state index contributed by atoms with van der Waals surface area (Å²) in [6.45, 7) is 4.67. The first-order valence-electron chi connectivity index (χ1n) is 8.34. The Morgan fingerprint density at radius 1 is 1.16 bits per heavy atom. The molecule has 0 aliphatic carbocycles. The van der Waals surface area contributed by atoms with Crippen LogP contribution in [-0.2, 0) is 4.79 Å². The molecular weight excluding hydrogens is 316 g/mol. The van der Waals surface area contributed by atoms with Gasteiger partial charge in [-0.2, -0.15) is 0 Å². The standard InChI is InChI=1S/C20H22N2O3/c1-13-8-9-15(12-14(13)2)22-11-10-17(20(22)24)21-19(23)16-6-4-5-7-18(16)25-3/h4-9,12,17H,10-11H2,1-3H3,(H,21,23). The molecule has 0 bridgehead atoms. The molecule has 1 unspecified atom stereocenters. The summed E-state index contributed by atoms with van der Waals surface area (Å²) < 4.78 is 5.22. The average molecular weight is 338 g/mol. The zero-order valence-corrected chi connectivity index (χ0v) is 14.7. The second kappa shape index (κ2) is 6.97. The van der Waals surface area contributed by atoms with Crippen LogP contribution in [0.2, 0.25) is 0 Å². The van der Waals surface area contributed by atoms with Crippen molar-refractivity contribution >= 4 is 17.5 Å². The van der Waals surface area contributed by atoms with Crippen molar-refractivity contribution < 1.29 is 14.3 Å². The van der Waals surface area contributed by atoms with Gasteiger partial charge in [0.1, 0.15) is 11.8 Å². The minimum atomic E-state index is -0.515. The highest BCUT2D eigenvalue weighted by molar-refractivity contribution is 6.04. The van der Waals surface area contributed by atoms with Gasteiger partial charge < -0.3 is 15.0 Å². The molecule has 5 heteroatoms. The first kappa shape index (κ1) is 17.0. The predicted octanol–water partition coefficient (Wildman–Crippen LogP) is 2.85. The number of carbonyl (C=O) groups excluding carboxylic acids is 2. The first-order chi connectivity index (χ1) is 12.0. The molecule has 25 heavy (non-hydrogen) atoms. The van der Waals surface area contributed by atoms with Crippen molar-refractivity contribution in [2.45, 2.75) is 26.3 Å². The van der Waals surface area contributed by atoms with E-state index in [1.54, 1.807) is 29.2 Å². The number of anilines is 1. The Morgan fingerprint density at radius 3 is 2.64 bits per heavy atom. The van der Waals surface area contributed by atoms with Gasteiger partial charge in [-0.15, -0.1) is 0 Å². The molecular formula is C20H22N2O3. The molecule has 1 aliphatic heterocycles. The van der Waals surface area contributed by atoms with Gasteiger partial charge >= 0.3 is 0 Å². The van der Waals surface area contributed by atoms with E-state index in [0.29, 0.717) is 24.3 Å². The lowest BCUT2D eigenvalue weighted by Gasteiger charge is -2.18. The summed E-state index contributed by atoms with van der Waals surface area (Å²) in [7, 11) is 1.52. The van der Waals surface area contributed by atoms with E-state index < -0.39 is 6.04 Å². The van der Waals surface area contributed by atoms with Crippen LogP contribution in [0.25, 0.3) is 0 Å². The van der Waals surface area contributed by atoms with E-state index in [-0.39, 0.29) is 11.8 Å². The van der Waals surface area contributed by atoms with Crippen molar-refractivity contribution in [3.8, 4) is 5.75 Å². The largest absolute Gasteiger partial charge is 0.496 e. The molecule has 3 rings (SSSR count). The summed E-state index contributed by atoms with van der Waals surface area (Å²) in [5.74, 6) is 0.126. The zero-order valence-electron chi connectivity index (χ0n) is 14.7. The summed E-state index contributed by atoms with van der Waals surface area (Å²) >= 11 is 0. The molecule has 0 spiro atoms. The number of hydrogen-bond donors (Lipinski definition) is 1. The third-order valence-corrected chi connectivity index (χ3v) is 4.66. The summed E-state index contributed by atoms with van der Waals surface area (Å²) in [4.78, 5) is 26.9. The molecule has 1 fully saturated rings. The molecule has 0 saturated carbocycles. The topological polar surface area (TPSA) is 58.6 Å². The lowest BCUT2D eigenvalue weighted by Crippen LogP contribution is -2.41. The molecule has 1 N–H and O–H groups in total. The van der Waals surface area contributed by atoms with Gasteiger partial charge in [-0.1, -0.05) is 18.2 Å². The van der Waals surface area contributed by atoms with Crippen molar-refractivity contribution in [3.05, 3.63) is 59.2 Å². The van der Waals surface area contributed by atoms with Gasteiger partial charge in [-0.05, 0) is 55.7 Å². The number of methoxy groups -OCH3 is 1. The zero-order chi connectivity index (χ0) is 18.0.